The van der Waals surface area contributed by atoms with E-state index in [0.29, 0.717) is 0 Å². The summed E-state index contributed by atoms with van der Waals surface area (Å²) in [7, 11) is 0. The molecule has 0 spiro atoms. The molecule has 0 heterocycles. The number of hydrogen-bond acceptors (Lipinski definition) is 0. The lowest BCUT2D eigenvalue weighted by Gasteiger charge is -2.13. The highest BCUT2D eigenvalue weighted by atomic mass is 35.5. The molecule has 0 aliphatic carbocycles. The highest BCUT2D eigenvalue weighted by Crippen LogP contribution is 2.39. The summed E-state index contributed by atoms with van der Waals surface area (Å²) in [5, 5.41) is 11.0. The van der Waals surface area contributed by atoms with E-state index in [0.717, 1.165) is 5.02 Å². The molecule has 0 nitrogen and oxygen atoms in total. The van der Waals surface area contributed by atoms with Crippen LogP contribution < -0.4 is 0 Å². The van der Waals surface area contributed by atoms with E-state index >= 15 is 0 Å². The van der Waals surface area contributed by atoms with Crippen LogP contribution in [-0.2, 0) is 0 Å². The van der Waals surface area contributed by atoms with Crippen LogP contribution >= 0.6 is 11.6 Å². The number of benzene rings is 5. The highest BCUT2D eigenvalue weighted by molar-refractivity contribution is 6.35. The van der Waals surface area contributed by atoms with Gasteiger partial charge >= 0.3 is 0 Å². The third-order valence-electron chi connectivity index (χ3n) is 4.69. The first kappa shape index (κ1) is 12.9. The van der Waals surface area contributed by atoms with Crippen LogP contribution in [-0.4, -0.2) is 0 Å². The lowest BCUT2D eigenvalue weighted by Crippen LogP contribution is -1.85. The summed E-state index contributed by atoms with van der Waals surface area (Å²) in [5.74, 6) is 0. The third kappa shape index (κ3) is 1.79. The Morgan fingerprint density at radius 1 is 0.478 bits per heavy atom. The summed E-state index contributed by atoms with van der Waals surface area (Å²) in [4.78, 5) is 0. The summed E-state index contributed by atoms with van der Waals surface area (Å²) in [6, 6.07) is 27.8. The van der Waals surface area contributed by atoms with Crippen molar-refractivity contribution in [3.63, 3.8) is 0 Å². The fraction of sp³-hybridized carbons (Fsp3) is 0. The van der Waals surface area contributed by atoms with Gasteiger partial charge in [0.25, 0.3) is 0 Å². The van der Waals surface area contributed by atoms with Gasteiger partial charge in [0.2, 0.25) is 0 Å². The van der Waals surface area contributed by atoms with E-state index in [2.05, 4.69) is 72.8 Å². The molecule has 0 atom stereocenters. The zero-order chi connectivity index (χ0) is 15.4. The standard InChI is InChI=1S/C22H13Cl/c23-15-10-12-19-17-7-3-4-8-18(17)20-11-9-14-5-1-2-6-16(14)22(20)21(19)13-15/h1-13H. The van der Waals surface area contributed by atoms with Gasteiger partial charge in [-0.25, -0.2) is 0 Å². The van der Waals surface area contributed by atoms with Crippen LogP contribution in [0.1, 0.15) is 0 Å². The molecule has 0 bridgehead atoms. The van der Waals surface area contributed by atoms with Crippen molar-refractivity contribution in [2.75, 3.05) is 0 Å². The van der Waals surface area contributed by atoms with Gasteiger partial charge in [-0.05, 0) is 55.2 Å². The Kier molecular flexibility index (Phi) is 2.65. The average Bonchev–Trinajstić information content (AvgIpc) is 2.61. The molecular formula is C22H13Cl. The monoisotopic (exact) mass is 312 g/mol. The second-order valence-electron chi connectivity index (χ2n) is 5.94. The van der Waals surface area contributed by atoms with Crippen LogP contribution in [0, 0.1) is 0 Å². The SMILES string of the molecule is Clc1ccc2c3ccccc3c3ccc4ccccc4c3c2c1. The second-order valence-corrected chi connectivity index (χ2v) is 6.38. The highest BCUT2D eigenvalue weighted by Gasteiger charge is 2.11. The number of fused-ring (bicyclic) bond motifs is 8. The van der Waals surface area contributed by atoms with E-state index in [-0.39, 0.29) is 0 Å². The van der Waals surface area contributed by atoms with Crippen molar-refractivity contribution in [2.24, 2.45) is 0 Å². The van der Waals surface area contributed by atoms with Gasteiger partial charge in [0, 0.05) is 5.02 Å². The Morgan fingerprint density at radius 3 is 1.91 bits per heavy atom. The van der Waals surface area contributed by atoms with Gasteiger partial charge in [0.1, 0.15) is 0 Å². The predicted octanol–water partition coefficient (Wildman–Crippen LogP) is 6.95. The van der Waals surface area contributed by atoms with E-state index in [4.69, 9.17) is 11.6 Å². The van der Waals surface area contributed by atoms with E-state index in [9.17, 15) is 0 Å². The maximum Gasteiger partial charge on any atom is 0.0412 e. The average molecular weight is 313 g/mol. The zero-order valence-corrected chi connectivity index (χ0v) is 13.1. The van der Waals surface area contributed by atoms with Gasteiger partial charge in [0.05, 0.1) is 0 Å². The molecule has 5 rings (SSSR count). The van der Waals surface area contributed by atoms with Crippen LogP contribution in [0.5, 0.6) is 0 Å². The molecule has 23 heavy (non-hydrogen) atoms. The molecular weight excluding hydrogens is 300 g/mol. The molecule has 0 aromatic heterocycles. The maximum absolute atomic E-state index is 6.32. The second kappa shape index (κ2) is 4.71. The van der Waals surface area contributed by atoms with Crippen molar-refractivity contribution in [1.29, 1.82) is 0 Å². The molecule has 5 aromatic carbocycles. The number of halogens is 1. The predicted molar refractivity (Wildman–Crippen MR) is 101 cm³/mol. The smallest absolute Gasteiger partial charge is 0.0412 e. The molecule has 1 heteroatoms. The molecule has 0 aliphatic rings. The fourth-order valence-corrected chi connectivity index (χ4v) is 3.87. The first-order valence-corrected chi connectivity index (χ1v) is 8.12. The molecule has 0 saturated carbocycles. The van der Waals surface area contributed by atoms with Gasteiger partial charge in [-0.2, -0.15) is 0 Å². The van der Waals surface area contributed by atoms with E-state index in [1.54, 1.807) is 0 Å². The number of rotatable bonds is 0. The molecule has 0 N–H and O–H groups in total. The van der Waals surface area contributed by atoms with Crippen LogP contribution in [0.2, 0.25) is 5.02 Å². The molecule has 0 radical (unpaired) electrons. The number of hydrogen-bond donors (Lipinski definition) is 0. The third-order valence-corrected chi connectivity index (χ3v) is 4.92. The fourth-order valence-electron chi connectivity index (χ4n) is 3.70. The minimum atomic E-state index is 0.780. The van der Waals surface area contributed by atoms with Gasteiger partial charge in [0.15, 0.2) is 0 Å². The van der Waals surface area contributed by atoms with Crippen molar-refractivity contribution in [2.45, 2.75) is 0 Å². The molecule has 0 aliphatic heterocycles. The Morgan fingerprint density at radius 2 is 1.09 bits per heavy atom. The Hall–Kier alpha value is -2.57. The van der Waals surface area contributed by atoms with E-state index < -0.39 is 0 Å². The minimum Gasteiger partial charge on any atom is -0.0843 e. The van der Waals surface area contributed by atoms with Crippen molar-refractivity contribution in [3.05, 3.63) is 83.9 Å². The normalized spacial score (nSPS) is 11.7. The van der Waals surface area contributed by atoms with Crippen LogP contribution in [0.25, 0.3) is 43.1 Å². The Labute approximate surface area is 138 Å². The van der Waals surface area contributed by atoms with E-state index in [1.807, 2.05) is 6.07 Å². The summed E-state index contributed by atoms with van der Waals surface area (Å²) in [5.41, 5.74) is 0. The van der Waals surface area contributed by atoms with Crippen molar-refractivity contribution >= 4 is 54.7 Å². The summed E-state index contributed by atoms with van der Waals surface area (Å²) in [6.45, 7) is 0. The summed E-state index contributed by atoms with van der Waals surface area (Å²) >= 11 is 6.32. The molecule has 0 amide bonds. The topological polar surface area (TPSA) is 0 Å². The summed E-state index contributed by atoms with van der Waals surface area (Å²) < 4.78 is 0. The first-order chi connectivity index (χ1) is 11.3. The zero-order valence-electron chi connectivity index (χ0n) is 12.4. The van der Waals surface area contributed by atoms with Crippen LogP contribution in [0.15, 0.2) is 78.9 Å². The van der Waals surface area contributed by atoms with Gasteiger partial charge < -0.3 is 0 Å². The van der Waals surface area contributed by atoms with Gasteiger partial charge in [-0.3, -0.25) is 0 Å². The van der Waals surface area contributed by atoms with E-state index in [1.165, 1.54) is 43.1 Å². The van der Waals surface area contributed by atoms with Gasteiger partial charge in [-0.15, -0.1) is 0 Å². The molecule has 0 saturated heterocycles. The minimum absolute atomic E-state index is 0.780. The lowest BCUT2D eigenvalue weighted by atomic mass is 9.91. The largest absolute Gasteiger partial charge is 0.0843 e. The lowest BCUT2D eigenvalue weighted by molar-refractivity contribution is 1.77. The Balaban J connectivity index is 2.23. The Bertz CT molecular complexity index is 1220. The first-order valence-electron chi connectivity index (χ1n) is 7.74. The van der Waals surface area contributed by atoms with Crippen molar-refractivity contribution < 1.29 is 0 Å². The van der Waals surface area contributed by atoms with Gasteiger partial charge in [-0.1, -0.05) is 78.3 Å². The molecule has 5 aromatic rings. The molecule has 108 valence electrons. The molecule has 0 fully saturated rings. The molecule has 0 unspecified atom stereocenters. The van der Waals surface area contributed by atoms with Crippen molar-refractivity contribution in [3.8, 4) is 0 Å². The van der Waals surface area contributed by atoms with Crippen LogP contribution in [0.4, 0.5) is 0 Å². The maximum atomic E-state index is 6.32. The summed E-state index contributed by atoms with van der Waals surface area (Å²) in [6.07, 6.45) is 0. The van der Waals surface area contributed by atoms with Crippen LogP contribution in [0.3, 0.4) is 0 Å². The van der Waals surface area contributed by atoms with Crippen molar-refractivity contribution in [1.82, 2.24) is 0 Å². The quantitative estimate of drug-likeness (QED) is 0.271.